The van der Waals surface area contributed by atoms with Crippen LogP contribution in [0.25, 0.3) is 11.3 Å². The molecule has 2 heterocycles. The Labute approximate surface area is 205 Å². The van der Waals surface area contributed by atoms with Crippen molar-refractivity contribution in [1.82, 2.24) is 15.4 Å². The molecule has 0 aliphatic heterocycles. The van der Waals surface area contributed by atoms with Gasteiger partial charge in [-0.25, -0.2) is 4.79 Å². The van der Waals surface area contributed by atoms with Gasteiger partial charge in [0.1, 0.15) is 22.8 Å². The Hall–Kier alpha value is -3.42. The largest absolute Gasteiger partial charge is 0.434 e. The van der Waals surface area contributed by atoms with Crippen LogP contribution in [-0.4, -0.2) is 21.3 Å². The molecule has 0 bridgehead atoms. The molecule has 0 spiro atoms. The molecule has 2 aromatic heterocycles. The standard InChI is InChI=1S/C25H19Cl2N3O4/c1-13-6-5-8-16(15-10-11-15)23(13)33-24-19(12-20(27)28-29-24)32-25(31)21-14(2)34-30-22(21)17-7-3-4-9-18(17)26/h3-9,12,15H,10-11H2,1-2H3. The SMILES string of the molecule is Cc1cccc(C2CC2)c1Oc1nnc(Cl)cc1OC(=O)c1c(-c2ccccc2Cl)noc1C. The summed E-state index contributed by atoms with van der Waals surface area (Å²) in [5, 5.41) is 12.4. The lowest BCUT2D eigenvalue weighted by Crippen LogP contribution is -2.12. The number of carbonyl (C=O) groups is 1. The van der Waals surface area contributed by atoms with Crippen LogP contribution >= 0.6 is 23.2 Å². The zero-order valence-corrected chi connectivity index (χ0v) is 19.9. The predicted molar refractivity (Wildman–Crippen MR) is 127 cm³/mol. The van der Waals surface area contributed by atoms with Crippen LogP contribution in [0.4, 0.5) is 0 Å². The number of hydrogen-bond acceptors (Lipinski definition) is 7. The van der Waals surface area contributed by atoms with E-state index >= 15 is 0 Å². The molecule has 172 valence electrons. The molecule has 0 amide bonds. The molecule has 1 saturated carbocycles. The van der Waals surface area contributed by atoms with E-state index in [4.69, 9.17) is 37.2 Å². The molecule has 2 aromatic carbocycles. The van der Waals surface area contributed by atoms with E-state index in [2.05, 4.69) is 15.4 Å². The summed E-state index contributed by atoms with van der Waals surface area (Å²) in [6, 6.07) is 14.4. The number of esters is 1. The first-order valence-corrected chi connectivity index (χ1v) is 11.4. The summed E-state index contributed by atoms with van der Waals surface area (Å²) in [6.45, 7) is 3.57. The van der Waals surface area contributed by atoms with Gasteiger partial charge in [0.25, 0.3) is 5.88 Å². The molecular formula is C25H19Cl2N3O4. The minimum Gasteiger partial charge on any atom is -0.434 e. The third-order valence-electron chi connectivity index (χ3n) is 5.55. The molecule has 0 radical (unpaired) electrons. The number of aromatic nitrogens is 3. The number of halogens is 2. The lowest BCUT2D eigenvalue weighted by Gasteiger charge is -2.15. The minimum absolute atomic E-state index is 0.0284. The number of aryl methyl sites for hydroxylation is 2. The summed E-state index contributed by atoms with van der Waals surface area (Å²) < 4.78 is 17.1. The Morgan fingerprint density at radius 1 is 1.06 bits per heavy atom. The van der Waals surface area contributed by atoms with E-state index in [9.17, 15) is 4.79 Å². The Kier molecular flexibility index (Phi) is 5.98. The molecular weight excluding hydrogens is 477 g/mol. The van der Waals surface area contributed by atoms with Crippen molar-refractivity contribution in [3.8, 4) is 28.6 Å². The maximum atomic E-state index is 13.3. The second kappa shape index (κ2) is 9.08. The van der Waals surface area contributed by atoms with E-state index in [-0.39, 0.29) is 33.8 Å². The maximum absolute atomic E-state index is 13.3. The fraction of sp³-hybridized carbons (Fsp3) is 0.200. The molecule has 5 rings (SSSR count). The highest BCUT2D eigenvalue weighted by atomic mass is 35.5. The van der Waals surface area contributed by atoms with Gasteiger partial charge in [-0.2, -0.15) is 0 Å². The first kappa shape index (κ1) is 22.4. The van der Waals surface area contributed by atoms with Crippen LogP contribution in [0, 0.1) is 13.8 Å². The second-order valence-electron chi connectivity index (χ2n) is 8.04. The molecule has 0 saturated heterocycles. The Morgan fingerprint density at radius 2 is 1.85 bits per heavy atom. The van der Waals surface area contributed by atoms with Crippen molar-refractivity contribution in [3.63, 3.8) is 0 Å². The number of para-hydroxylation sites is 1. The maximum Gasteiger partial charge on any atom is 0.349 e. The Morgan fingerprint density at radius 3 is 2.62 bits per heavy atom. The monoisotopic (exact) mass is 495 g/mol. The van der Waals surface area contributed by atoms with E-state index in [1.807, 2.05) is 25.1 Å². The Balaban J connectivity index is 1.50. The first-order valence-electron chi connectivity index (χ1n) is 10.7. The van der Waals surface area contributed by atoms with Gasteiger partial charge < -0.3 is 14.0 Å². The van der Waals surface area contributed by atoms with Gasteiger partial charge in [-0.3, -0.25) is 0 Å². The fourth-order valence-corrected chi connectivity index (χ4v) is 4.07. The number of nitrogens with zero attached hydrogens (tertiary/aromatic N) is 3. The highest BCUT2D eigenvalue weighted by Gasteiger charge is 2.29. The lowest BCUT2D eigenvalue weighted by atomic mass is 10.1. The molecule has 1 aliphatic carbocycles. The average molecular weight is 496 g/mol. The number of carbonyl (C=O) groups excluding carboxylic acids is 1. The van der Waals surface area contributed by atoms with Gasteiger partial charge in [0.15, 0.2) is 10.9 Å². The molecule has 34 heavy (non-hydrogen) atoms. The van der Waals surface area contributed by atoms with Crippen molar-refractivity contribution in [2.45, 2.75) is 32.6 Å². The molecule has 0 unspecified atom stereocenters. The molecule has 0 N–H and O–H groups in total. The average Bonchev–Trinajstić information content (AvgIpc) is 3.58. The van der Waals surface area contributed by atoms with Crippen molar-refractivity contribution >= 4 is 29.2 Å². The Bertz CT molecular complexity index is 1400. The van der Waals surface area contributed by atoms with E-state index in [1.54, 1.807) is 31.2 Å². The summed E-state index contributed by atoms with van der Waals surface area (Å²) in [5.74, 6) is 0.749. The van der Waals surface area contributed by atoms with Gasteiger partial charge in [-0.15, -0.1) is 10.2 Å². The lowest BCUT2D eigenvalue weighted by molar-refractivity contribution is 0.0728. The number of ether oxygens (including phenoxy) is 2. The van der Waals surface area contributed by atoms with Crippen LogP contribution in [-0.2, 0) is 0 Å². The zero-order valence-electron chi connectivity index (χ0n) is 18.3. The van der Waals surface area contributed by atoms with Gasteiger partial charge >= 0.3 is 5.97 Å². The zero-order chi connectivity index (χ0) is 23.8. The summed E-state index contributed by atoms with van der Waals surface area (Å²) in [7, 11) is 0. The van der Waals surface area contributed by atoms with Gasteiger partial charge in [0, 0.05) is 11.6 Å². The highest BCUT2D eigenvalue weighted by molar-refractivity contribution is 6.33. The van der Waals surface area contributed by atoms with E-state index in [0.717, 1.165) is 24.0 Å². The van der Waals surface area contributed by atoms with Crippen LogP contribution in [0.5, 0.6) is 17.4 Å². The van der Waals surface area contributed by atoms with Gasteiger partial charge in [-0.05, 0) is 49.8 Å². The summed E-state index contributed by atoms with van der Waals surface area (Å²) >= 11 is 12.4. The number of hydrogen-bond donors (Lipinski definition) is 0. The van der Waals surface area contributed by atoms with Crippen LogP contribution in [0.2, 0.25) is 10.2 Å². The van der Waals surface area contributed by atoms with Crippen molar-refractivity contribution in [2.75, 3.05) is 0 Å². The first-order chi connectivity index (χ1) is 16.4. The normalized spacial score (nSPS) is 13.1. The van der Waals surface area contributed by atoms with Crippen molar-refractivity contribution in [3.05, 3.63) is 81.2 Å². The third-order valence-corrected chi connectivity index (χ3v) is 6.07. The van der Waals surface area contributed by atoms with Crippen molar-refractivity contribution in [2.24, 2.45) is 0 Å². The smallest absolute Gasteiger partial charge is 0.349 e. The summed E-state index contributed by atoms with van der Waals surface area (Å²) in [5.41, 5.74) is 2.99. The van der Waals surface area contributed by atoms with Gasteiger partial charge in [0.2, 0.25) is 0 Å². The third kappa shape index (κ3) is 4.36. The predicted octanol–water partition coefficient (Wildman–Crippen LogP) is 6.94. The van der Waals surface area contributed by atoms with Crippen molar-refractivity contribution in [1.29, 1.82) is 0 Å². The molecule has 1 fully saturated rings. The van der Waals surface area contributed by atoms with Crippen LogP contribution < -0.4 is 9.47 Å². The van der Waals surface area contributed by atoms with Crippen molar-refractivity contribution < 1.29 is 18.8 Å². The van der Waals surface area contributed by atoms with E-state index in [1.165, 1.54) is 6.07 Å². The number of benzene rings is 2. The molecule has 0 atom stereocenters. The van der Waals surface area contributed by atoms with Crippen LogP contribution in [0.3, 0.4) is 0 Å². The van der Waals surface area contributed by atoms with E-state index in [0.29, 0.717) is 22.3 Å². The summed E-state index contributed by atoms with van der Waals surface area (Å²) in [6.07, 6.45) is 2.21. The minimum atomic E-state index is -0.713. The van der Waals surface area contributed by atoms with E-state index < -0.39 is 5.97 Å². The van der Waals surface area contributed by atoms with Gasteiger partial charge in [0.05, 0.1) is 5.02 Å². The van der Waals surface area contributed by atoms with Crippen LogP contribution in [0.1, 0.15) is 46.0 Å². The quantitative estimate of drug-likeness (QED) is 0.267. The molecule has 1 aliphatic rings. The molecule has 4 aromatic rings. The molecule has 7 nitrogen and oxygen atoms in total. The topological polar surface area (TPSA) is 87.3 Å². The number of rotatable bonds is 6. The highest BCUT2D eigenvalue weighted by Crippen LogP contribution is 2.47. The fourth-order valence-electron chi connectivity index (χ4n) is 3.71. The molecule has 9 heteroatoms. The summed E-state index contributed by atoms with van der Waals surface area (Å²) in [4.78, 5) is 13.3. The van der Waals surface area contributed by atoms with Crippen LogP contribution in [0.15, 0.2) is 53.1 Å². The van der Waals surface area contributed by atoms with Gasteiger partial charge in [-0.1, -0.05) is 64.8 Å². The second-order valence-corrected chi connectivity index (χ2v) is 8.83.